The first-order chi connectivity index (χ1) is 8.11. The smallest absolute Gasteiger partial charge is 0.172 e. The third-order valence-electron chi connectivity index (χ3n) is 2.43. The van der Waals surface area contributed by atoms with E-state index >= 15 is 0 Å². The maximum absolute atomic E-state index is 13.8. The molecular weight excluding hydrogens is 217 g/mol. The fourth-order valence-electron chi connectivity index (χ4n) is 1.51. The Labute approximate surface area is 98.3 Å². The number of rotatable bonds is 1. The highest BCUT2D eigenvalue weighted by Crippen LogP contribution is 2.25. The molecule has 0 amide bonds. The summed E-state index contributed by atoms with van der Waals surface area (Å²) in [6.45, 7) is 1.94. The number of nitrogen functional groups attached to an aromatic ring is 1. The van der Waals surface area contributed by atoms with E-state index < -0.39 is 5.82 Å². The van der Waals surface area contributed by atoms with Crippen molar-refractivity contribution in [2.75, 3.05) is 5.73 Å². The average molecular weight is 227 g/mol. The molecule has 1 heterocycles. The van der Waals surface area contributed by atoms with Crippen LogP contribution in [0.5, 0.6) is 0 Å². The minimum atomic E-state index is -0.590. The molecular formula is C13H10FN3. The van der Waals surface area contributed by atoms with Gasteiger partial charge in [0.1, 0.15) is 17.5 Å². The summed E-state index contributed by atoms with van der Waals surface area (Å²) in [4.78, 5) is 3.94. The molecule has 0 saturated heterocycles. The number of aryl methyl sites for hydroxylation is 1. The van der Waals surface area contributed by atoms with E-state index in [1.54, 1.807) is 12.1 Å². The standard InChI is InChI=1S/C13H10FN3/c1-8-2-4-9(5-3-8)13-12(14)11(16)6-10(7-15)17-13/h2-6H,1H3,(H2,16,17). The van der Waals surface area contributed by atoms with Crippen molar-refractivity contribution in [2.45, 2.75) is 6.92 Å². The van der Waals surface area contributed by atoms with Gasteiger partial charge in [-0.2, -0.15) is 5.26 Å². The maximum atomic E-state index is 13.8. The first-order valence-corrected chi connectivity index (χ1v) is 5.05. The molecule has 1 aromatic heterocycles. The summed E-state index contributed by atoms with van der Waals surface area (Å²) in [7, 11) is 0. The summed E-state index contributed by atoms with van der Waals surface area (Å²) >= 11 is 0. The fraction of sp³-hybridized carbons (Fsp3) is 0.0769. The van der Waals surface area contributed by atoms with Crippen molar-refractivity contribution < 1.29 is 4.39 Å². The lowest BCUT2D eigenvalue weighted by molar-refractivity contribution is 0.630. The van der Waals surface area contributed by atoms with Gasteiger partial charge in [-0.25, -0.2) is 9.37 Å². The predicted molar refractivity (Wildman–Crippen MR) is 63.5 cm³/mol. The number of anilines is 1. The Morgan fingerprint density at radius 3 is 2.53 bits per heavy atom. The summed E-state index contributed by atoms with van der Waals surface area (Å²) in [6.07, 6.45) is 0. The van der Waals surface area contributed by atoms with E-state index in [0.29, 0.717) is 5.56 Å². The largest absolute Gasteiger partial charge is 0.396 e. The van der Waals surface area contributed by atoms with Crippen molar-refractivity contribution in [3.05, 3.63) is 47.4 Å². The number of halogens is 1. The van der Waals surface area contributed by atoms with Crippen molar-refractivity contribution >= 4 is 5.69 Å². The molecule has 0 spiro atoms. The molecule has 0 saturated carbocycles. The van der Waals surface area contributed by atoms with E-state index in [0.717, 1.165) is 5.56 Å². The lowest BCUT2D eigenvalue weighted by atomic mass is 10.1. The van der Waals surface area contributed by atoms with Crippen LogP contribution in [0.25, 0.3) is 11.3 Å². The highest BCUT2D eigenvalue weighted by Gasteiger charge is 2.12. The summed E-state index contributed by atoms with van der Waals surface area (Å²) in [6, 6.07) is 10.3. The number of pyridine rings is 1. The van der Waals surface area contributed by atoms with Crippen molar-refractivity contribution in [3.63, 3.8) is 0 Å². The number of nitrogens with zero attached hydrogens (tertiary/aromatic N) is 2. The molecule has 0 bridgehead atoms. The van der Waals surface area contributed by atoms with Gasteiger partial charge in [-0.1, -0.05) is 29.8 Å². The molecule has 2 aromatic rings. The van der Waals surface area contributed by atoms with Crippen LogP contribution in [-0.4, -0.2) is 4.98 Å². The van der Waals surface area contributed by atoms with Crippen LogP contribution in [0.3, 0.4) is 0 Å². The quantitative estimate of drug-likeness (QED) is 0.814. The highest BCUT2D eigenvalue weighted by molar-refractivity contribution is 5.66. The fourth-order valence-corrected chi connectivity index (χ4v) is 1.51. The second-order valence-corrected chi connectivity index (χ2v) is 3.74. The van der Waals surface area contributed by atoms with E-state index in [9.17, 15) is 4.39 Å². The van der Waals surface area contributed by atoms with E-state index in [1.807, 2.05) is 25.1 Å². The second-order valence-electron chi connectivity index (χ2n) is 3.74. The minimum absolute atomic E-state index is 0.0628. The molecule has 17 heavy (non-hydrogen) atoms. The molecule has 84 valence electrons. The number of hydrogen-bond acceptors (Lipinski definition) is 3. The topological polar surface area (TPSA) is 62.7 Å². The average Bonchev–Trinajstić information content (AvgIpc) is 2.34. The molecule has 3 nitrogen and oxygen atoms in total. The van der Waals surface area contributed by atoms with Gasteiger partial charge in [0.25, 0.3) is 0 Å². The predicted octanol–water partition coefficient (Wildman–Crippen LogP) is 2.65. The first kappa shape index (κ1) is 11.1. The molecule has 2 rings (SSSR count). The Morgan fingerprint density at radius 2 is 1.94 bits per heavy atom. The van der Waals surface area contributed by atoms with Crippen molar-refractivity contribution in [1.29, 1.82) is 5.26 Å². The van der Waals surface area contributed by atoms with Crippen LogP contribution in [0.15, 0.2) is 30.3 Å². The molecule has 0 aliphatic carbocycles. The van der Waals surface area contributed by atoms with Gasteiger partial charge in [-0.3, -0.25) is 0 Å². The highest BCUT2D eigenvalue weighted by atomic mass is 19.1. The zero-order valence-corrected chi connectivity index (χ0v) is 9.24. The van der Waals surface area contributed by atoms with E-state index in [4.69, 9.17) is 11.0 Å². The molecule has 0 unspecified atom stereocenters. The molecule has 0 atom stereocenters. The van der Waals surface area contributed by atoms with Gasteiger partial charge >= 0.3 is 0 Å². The number of nitriles is 1. The van der Waals surface area contributed by atoms with Crippen molar-refractivity contribution in [2.24, 2.45) is 0 Å². The van der Waals surface area contributed by atoms with Gasteiger partial charge in [0.2, 0.25) is 0 Å². The van der Waals surface area contributed by atoms with E-state index in [-0.39, 0.29) is 17.1 Å². The zero-order valence-electron chi connectivity index (χ0n) is 9.24. The molecule has 0 radical (unpaired) electrons. The molecule has 1 aromatic carbocycles. The summed E-state index contributed by atoms with van der Waals surface area (Å²) in [5.41, 5.74) is 7.33. The number of hydrogen-bond donors (Lipinski definition) is 1. The second kappa shape index (κ2) is 4.22. The SMILES string of the molecule is Cc1ccc(-c2nc(C#N)cc(N)c2F)cc1. The molecule has 0 aliphatic heterocycles. The number of nitrogens with two attached hydrogens (primary N) is 1. The minimum Gasteiger partial charge on any atom is -0.396 e. The van der Waals surface area contributed by atoms with Crippen LogP contribution < -0.4 is 5.73 Å². The lowest BCUT2D eigenvalue weighted by Crippen LogP contribution is -1.99. The summed E-state index contributed by atoms with van der Waals surface area (Å²) in [5.74, 6) is -0.590. The number of aromatic nitrogens is 1. The first-order valence-electron chi connectivity index (χ1n) is 5.05. The van der Waals surface area contributed by atoms with Crippen LogP contribution >= 0.6 is 0 Å². The number of benzene rings is 1. The molecule has 2 N–H and O–H groups in total. The van der Waals surface area contributed by atoms with Gasteiger partial charge in [0.15, 0.2) is 5.82 Å². The Balaban J connectivity index is 2.63. The Hall–Kier alpha value is -2.41. The Kier molecular flexibility index (Phi) is 2.75. The van der Waals surface area contributed by atoms with Crippen molar-refractivity contribution in [1.82, 2.24) is 4.98 Å². The van der Waals surface area contributed by atoms with Crippen LogP contribution in [0.2, 0.25) is 0 Å². The Morgan fingerprint density at radius 1 is 1.29 bits per heavy atom. The van der Waals surface area contributed by atoms with Crippen molar-refractivity contribution in [3.8, 4) is 17.3 Å². The van der Waals surface area contributed by atoms with Gasteiger partial charge in [-0.05, 0) is 6.92 Å². The van der Waals surface area contributed by atoms with Crippen LogP contribution in [0.4, 0.5) is 10.1 Å². The zero-order chi connectivity index (χ0) is 12.4. The lowest BCUT2D eigenvalue weighted by Gasteiger charge is -2.05. The summed E-state index contributed by atoms with van der Waals surface area (Å²) < 4.78 is 13.8. The summed E-state index contributed by atoms with van der Waals surface area (Å²) in [5, 5.41) is 8.78. The van der Waals surface area contributed by atoms with Gasteiger partial charge in [0.05, 0.1) is 5.69 Å². The normalized spacial score (nSPS) is 9.94. The third-order valence-corrected chi connectivity index (χ3v) is 2.43. The van der Waals surface area contributed by atoms with Crippen LogP contribution in [0.1, 0.15) is 11.3 Å². The third kappa shape index (κ3) is 2.08. The van der Waals surface area contributed by atoms with Crippen LogP contribution in [-0.2, 0) is 0 Å². The van der Waals surface area contributed by atoms with Gasteiger partial charge in [-0.15, -0.1) is 0 Å². The van der Waals surface area contributed by atoms with Gasteiger partial charge < -0.3 is 5.73 Å². The molecule has 0 aliphatic rings. The monoisotopic (exact) mass is 227 g/mol. The van der Waals surface area contributed by atoms with Crippen LogP contribution in [0, 0.1) is 24.1 Å². The Bertz CT molecular complexity index is 597. The molecule has 4 heteroatoms. The van der Waals surface area contributed by atoms with Gasteiger partial charge in [0, 0.05) is 11.6 Å². The maximum Gasteiger partial charge on any atom is 0.172 e. The van der Waals surface area contributed by atoms with E-state index in [1.165, 1.54) is 6.07 Å². The van der Waals surface area contributed by atoms with E-state index in [2.05, 4.69) is 4.98 Å². The molecule has 0 fully saturated rings.